The van der Waals surface area contributed by atoms with Crippen molar-refractivity contribution in [1.29, 1.82) is 0 Å². The molecule has 1 amide bonds. The maximum atomic E-state index is 12.5. The fourth-order valence-corrected chi connectivity index (χ4v) is 2.80. The van der Waals surface area contributed by atoms with Gasteiger partial charge in [0.05, 0.1) is 18.4 Å². The van der Waals surface area contributed by atoms with Crippen molar-refractivity contribution < 1.29 is 14.3 Å². The van der Waals surface area contributed by atoms with E-state index in [0.717, 1.165) is 12.0 Å². The third-order valence-corrected chi connectivity index (χ3v) is 4.21. The lowest BCUT2D eigenvalue weighted by atomic mass is 10.1. The largest absolute Gasteiger partial charge is 0.465 e. The van der Waals surface area contributed by atoms with E-state index in [2.05, 4.69) is 20.6 Å². The van der Waals surface area contributed by atoms with E-state index in [-0.39, 0.29) is 17.5 Å². The first kappa shape index (κ1) is 20.0. The number of hydrogen-bond acceptors (Lipinski definition) is 6. The van der Waals surface area contributed by atoms with Gasteiger partial charge < -0.3 is 15.4 Å². The first-order valence-electron chi connectivity index (χ1n) is 9.19. The van der Waals surface area contributed by atoms with Gasteiger partial charge in [0.25, 0.3) is 5.91 Å². The predicted octanol–water partition coefficient (Wildman–Crippen LogP) is 3.29. The highest BCUT2D eigenvalue weighted by atomic mass is 16.5. The molecule has 3 rings (SSSR count). The number of hydrogen-bond donors (Lipinski definition) is 2. The SMILES string of the molecule is COC(=O)c1ccccc1Nc1nc(C)cc(C(=O)NCCc2ccccc2)n1. The average molecular weight is 390 g/mol. The number of carbonyl (C=O) groups excluding carboxylic acids is 2. The number of amides is 1. The van der Waals surface area contributed by atoms with Crippen molar-refractivity contribution in [2.24, 2.45) is 0 Å². The number of methoxy groups -OCH3 is 1. The standard InChI is InChI=1S/C22H22N4O3/c1-15-14-19(20(27)23-13-12-16-8-4-3-5-9-16)26-22(24-15)25-18-11-7-6-10-17(18)21(28)29-2/h3-11,14H,12-13H2,1-2H3,(H,23,27)(H,24,25,26). The second-order valence-corrected chi connectivity index (χ2v) is 6.37. The summed E-state index contributed by atoms with van der Waals surface area (Å²) in [5.41, 5.74) is 2.89. The van der Waals surface area contributed by atoms with Crippen molar-refractivity contribution in [1.82, 2.24) is 15.3 Å². The molecule has 0 aliphatic rings. The summed E-state index contributed by atoms with van der Waals surface area (Å²) in [5.74, 6) is -0.523. The maximum Gasteiger partial charge on any atom is 0.339 e. The van der Waals surface area contributed by atoms with Crippen molar-refractivity contribution in [3.05, 3.63) is 83.2 Å². The van der Waals surface area contributed by atoms with Crippen LogP contribution in [0.3, 0.4) is 0 Å². The Balaban J connectivity index is 1.71. The smallest absolute Gasteiger partial charge is 0.339 e. The second kappa shape index (κ2) is 9.45. The van der Waals surface area contributed by atoms with Gasteiger partial charge in [-0.05, 0) is 37.1 Å². The Kier molecular flexibility index (Phi) is 6.52. The van der Waals surface area contributed by atoms with Gasteiger partial charge in [-0.15, -0.1) is 0 Å². The molecule has 7 heteroatoms. The number of anilines is 2. The van der Waals surface area contributed by atoms with E-state index < -0.39 is 5.97 Å². The molecular weight excluding hydrogens is 368 g/mol. The van der Waals surface area contributed by atoms with Crippen LogP contribution in [0.4, 0.5) is 11.6 Å². The van der Waals surface area contributed by atoms with E-state index in [1.165, 1.54) is 7.11 Å². The number of nitrogens with zero attached hydrogens (tertiary/aromatic N) is 2. The van der Waals surface area contributed by atoms with E-state index >= 15 is 0 Å². The van der Waals surface area contributed by atoms with Gasteiger partial charge in [-0.2, -0.15) is 0 Å². The Morgan fingerprint density at radius 3 is 2.48 bits per heavy atom. The number of aromatic nitrogens is 2. The van der Waals surface area contributed by atoms with Crippen molar-refractivity contribution >= 4 is 23.5 Å². The molecule has 0 saturated carbocycles. The molecule has 2 aromatic carbocycles. The van der Waals surface area contributed by atoms with E-state index in [0.29, 0.717) is 23.5 Å². The fourth-order valence-electron chi connectivity index (χ4n) is 2.80. The van der Waals surface area contributed by atoms with Crippen molar-refractivity contribution in [2.75, 3.05) is 19.0 Å². The molecule has 0 saturated heterocycles. The van der Waals surface area contributed by atoms with Gasteiger partial charge in [-0.1, -0.05) is 42.5 Å². The molecule has 2 N–H and O–H groups in total. The molecule has 0 atom stereocenters. The van der Waals surface area contributed by atoms with Crippen LogP contribution in [-0.2, 0) is 11.2 Å². The van der Waals surface area contributed by atoms with Gasteiger partial charge >= 0.3 is 5.97 Å². The van der Waals surface area contributed by atoms with E-state index in [1.54, 1.807) is 37.3 Å². The van der Waals surface area contributed by atoms with Crippen LogP contribution in [0.25, 0.3) is 0 Å². The molecule has 148 valence electrons. The number of para-hydroxylation sites is 1. The first-order chi connectivity index (χ1) is 14.1. The molecular formula is C22H22N4O3. The first-order valence-corrected chi connectivity index (χ1v) is 9.19. The quantitative estimate of drug-likeness (QED) is 0.602. The second-order valence-electron chi connectivity index (χ2n) is 6.37. The van der Waals surface area contributed by atoms with Crippen LogP contribution in [-0.4, -0.2) is 35.5 Å². The zero-order valence-corrected chi connectivity index (χ0v) is 16.3. The molecule has 29 heavy (non-hydrogen) atoms. The Morgan fingerprint density at radius 2 is 1.72 bits per heavy atom. The maximum absolute atomic E-state index is 12.5. The summed E-state index contributed by atoms with van der Waals surface area (Å²) in [6, 6.07) is 18.4. The Bertz CT molecular complexity index is 1010. The van der Waals surface area contributed by atoms with E-state index in [1.807, 2.05) is 30.3 Å². The molecule has 7 nitrogen and oxygen atoms in total. The summed E-state index contributed by atoms with van der Waals surface area (Å²) >= 11 is 0. The lowest BCUT2D eigenvalue weighted by molar-refractivity contribution is 0.0601. The highest BCUT2D eigenvalue weighted by Crippen LogP contribution is 2.20. The molecule has 1 heterocycles. The zero-order valence-electron chi connectivity index (χ0n) is 16.3. The number of rotatable bonds is 7. The van der Waals surface area contributed by atoms with Gasteiger partial charge in [0.2, 0.25) is 5.95 Å². The third-order valence-electron chi connectivity index (χ3n) is 4.21. The van der Waals surface area contributed by atoms with Crippen LogP contribution < -0.4 is 10.6 Å². The lowest BCUT2D eigenvalue weighted by Gasteiger charge is -2.11. The van der Waals surface area contributed by atoms with Gasteiger partial charge in [-0.3, -0.25) is 4.79 Å². The van der Waals surface area contributed by atoms with Gasteiger partial charge in [0.15, 0.2) is 0 Å². The summed E-state index contributed by atoms with van der Waals surface area (Å²) in [4.78, 5) is 33.1. The summed E-state index contributed by atoms with van der Waals surface area (Å²) < 4.78 is 4.80. The minimum absolute atomic E-state index is 0.231. The number of aryl methyl sites for hydroxylation is 1. The highest BCUT2D eigenvalue weighted by molar-refractivity contribution is 5.96. The monoisotopic (exact) mass is 390 g/mol. The number of benzene rings is 2. The summed E-state index contributed by atoms with van der Waals surface area (Å²) in [5, 5.41) is 5.88. The minimum Gasteiger partial charge on any atom is -0.465 e. The molecule has 1 aromatic heterocycles. The number of esters is 1. The van der Waals surface area contributed by atoms with E-state index in [9.17, 15) is 9.59 Å². The van der Waals surface area contributed by atoms with E-state index in [4.69, 9.17) is 4.74 Å². The molecule has 0 aliphatic carbocycles. The zero-order chi connectivity index (χ0) is 20.6. The Hall–Kier alpha value is -3.74. The highest BCUT2D eigenvalue weighted by Gasteiger charge is 2.14. The van der Waals surface area contributed by atoms with Crippen LogP contribution in [0.2, 0.25) is 0 Å². The summed E-state index contributed by atoms with van der Waals surface area (Å²) in [6.07, 6.45) is 0.730. The van der Waals surface area contributed by atoms with Crippen LogP contribution in [0.5, 0.6) is 0 Å². The average Bonchev–Trinajstić information content (AvgIpc) is 2.74. The summed E-state index contributed by atoms with van der Waals surface area (Å²) in [6.45, 7) is 2.28. The van der Waals surface area contributed by atoms with Crippen molar-refractivity contribution in [3.63, 3.8) is 0 Å². The molecule has 0 unspecified atom stereocenters. The number of ether oxygens (including phenoxy) is 1. The van der Waals surface area contributed by atoms with Gasteiger partial charge in [0.1, 0.15) is 5.69 Å². The molecule has 0 fully saturated rings. The van der Waals surface area contributed by atoms with Crippen LogP contribution in [0, 0.1) is 6.92 Å². The van der Waals surface area contributed by atoms with Crippen LogP contribution in [0.1, 0.15) is 32.1 Å². The Morgan fingerprint density at radius 1 is 1.00 bits per heavy atom. The normalized spacial score (nSPS) is 10.3. The molecule has 0 bridgehead atoms. The van der Waals surface area contributed by atoms with Crippen LogP contribution >= 0.6 is 0 Å². The summed E-state index contributed by atoms with van der Waals surface area (Å²) in [7, 11) is 1.32. The Labute approximate surface area is 169 Å². The molecule has 0 spiro atoms. The van der Waals surface area contributed by atoms with Crippen LogP contribution in [0.15, 0.2) is 60.7 Å². The lowest BCUT2D eigenvalue weighted by Crippen LogP contribution is -2.27. The molecule has 3 aromatic rings. The van der Waals surface area contributed by atoms with Gasteiger partial charge in [0, 0.05) is 12.2 Å². The third kappa shape index (κ3) is 5.38. The number of nitrogens with one attached hydrogen (secondary N) is 2. The molecule has 0 aliphatic heterocycles. The molecule has 0 radical (unpaired) electrons. The van der Waals surface area contributed by atoms with Crippen molar-refractivity contribution in [2.45, 2.75) is 13.3 Å². The van der Waals surface area contributed by atoms with Gasteiger partial charge in [-0.25, -0.2) is 14.8 Å². The predicted molar refractivity (Wildman–Crippen MR) is 110 cm³/mol. The fraction of sp³-hybridized carbons (Fsp3) is 0.182. The number of carbonyl (C=O) groups is 2. The minimum atomic E-state index is -0.473. The topological polar surface area (TPSA) is 93.2 Å². The van der Waals surface area contributed by atoms with Crippen molar-refractivity contribution in [3.8, 4) is 0 Å².